The van der Waals surface area contributed by atoms with Crippen LogP contribution in [0.4, 0.5) is 4.39 Å². The number of hydrogen-bond donors (Lipinski definition) is 1. The summed E-state index contributed by atoms with van der Waals surface area (Å²) >= 11 is 0. The summed E-state index contributed by atoms with van der Waals surface area (Å²) in [5.74, 6) is 0.583. The zero-order valence-electron chi connectivity index (χ0n) is 12.1. The first-order chi connectivity index (χ1) is 9.72. The van der Waals surface area contributed by atoms with Crippen LogP contribution in [0.3, 0.4) is 0 Å². The average Bonchev–Trinajstić information content (AvgIpc) is 3.12. The van der Waals surface area contributed by atoms with Gasteiger partial charge in [0.1, 0.15) is 5.82 Å². The van der Waals surface area contributed by atoms with E-state index in [1.807, 2.05) is 17.0 Å². The van der Waals surface area contributed by atoms with Gasteiger partial charge in [0.05, 0.1) is 6.04 Å². The largest absolute Gasteiger partial charge is 0.341 e. The lowest BCUT2D eigenvalue weighted by Crippen LogP contribution is -2.42. The standard InChI is InChI=1S/C16H21FN2O.ClH/c17-14-5-3-12(4-6-14)10-13-7-9-19(11-13)16(20)15-2-1-8-18-15;/h3-6,13,15,18H,1-2,7-11H2;1H. The molecule has 0 aromatic heterocycles. The predicted octanol–water partition coefficient (Wildman–Crippen LogP) is 2.39. The number of benzene rings is 1. The second kappa shape index (κ2) is 7.23. The van der Waals surface area contributed by atoms with Gasteiger partial charge in [-0.05, 0) is 55.8 Å². The summed E-state index contributed by atoms with van der Waals surface area (Å²) in [5.41, 5.74) is 1.16. The zero-order chi connectivity index (χ0) is 13.9. The molecule has 3 nitrogen and oxygen atoms in total. The number of halogens is 2. The molecule has 0 radical (unpaired) electrons. The van der Waals surface area contributed by atoms with Gasteiger partial charge in [-0.2, -0.15) is 0 Å². The molecule has 2 fully saturated rings. The van der Waals surface area contributed by atoms with Crippen molar-refractivity contribution in [2.24, 2.45) is 5.92 Å². The molecular weight excluding hydrogens is 291 g/mol. The van der Waals surface area contributed by atoms with Crippen LogP contribution in [-0.4, -0.2) is 36.5 Å². The van der Waals surface area contributed by atoms with Crippen LogP contribution in [0.15, 0.2) is 24.3 Å². The molecule has 1 amide bonds. The van der Waals surface area contributed by atoms with Crippen molar-refractivity contribution in [1.82, 2.24) is 10.2 Å². The third kappa shape index (κ3) is 3.95. The highest BCUT2D eigenvalue weighted by molar-refractivity contribution is 5.85. The lowest BCUT2D eigenvalue weighted by Gasteiger charge is -2.20. The van der Waals surface area contributed by atoms with Gasteiger partial charge in [0.2, 0.25) is 5.91 Å². The maximum Gasteiger partial charge on any atom is 0.239 e. The molecule has 1 N–H and O–H groups in total. The first kappa shape index (κ1) is 16.2. The Hall–Kier alpha value is -1.13. The number of carbonyl (C=O) groups excluding carboxylic acids is 1. The second-order valence-corrected chi connectivity index (χ2v) is 5.92. The van der Waals surface area contributed by atoms with Gasteiger partial charge in [-0.15, -0.1) is 12.4 Å². The quantitative estimate of drug-likeness (QED) is 0.929. The van der Waals surface area contributed by atoms with Crippen LogP contribution in [-0.2, 0) is 11.2 Å². The molecule has 21 heavy (non-hydrogen) atoms. The molecule has 0 spiro atoms. The Bertz CT molecular complexity index is 474. The van der Waals surface area contributed by atoms with Crippen LogP contribution in [0.5, 0.6) is 0 Å². The number of amides is 1. The number of rotatable bonds is 3. The van der Waals surface area contributed by atoms with Gasteiger partial charge in [0.25, 0.3) is 0 Å². The molecule has 0 aliphatic carbocycles. The third-order valence-corrected chi connectivity index (χ3v) is 4.39. The number of likely N-dealkylation sites (tertiary alicyclic amines) is 1. The van der Waals surface area contributed by atoms with E-state index in [2.05, 4.69) is 5.32 Å². The molecule has 2 aliphatic heterocycles. The lowest BCUT2D eigenvalue weighted by atomic mass is 9.99. The topological polar surface area (TPSA) is 32.3 Å². The van der Waals surface area contributed by atoms with Gasteiger partial charge >= 0.3 is 0 Å². The summed E-state index contributed by atoms with van der Waals surface area (Å²) in [7, 11) is 0. The van der Waals surface area contributed by atoms with Gasteiger partial charge in [0.15, 0.2) is 0 Å². The number of hydrogen-bond acceptors (Lipinski definition) is 2. The van der Waals surface area contributed by atoms with Crippen LogP contribution >= 0.6 is 12.4 Å². The van der Waals surface area contributed by atoms with Crippen molar-refractivity contribution < 1.29 is 9.18 Å². The highest BCUT2D eigenvalue weighted by Gasteiger charge is 2.31. The summed E-state index contributed by atoms with van der Waals surface area (Å²) in [6.07, 6.45) is 4.05. The van der Waals surface area contributed by atoms with E-state index in [9.17, 15) is 9.18 Å². The maximum absolute atomic E-state index is 12.9. The average molecular weight is 313 g/mol. The molecule has 1 aromatic rings. The van der Waals surface area contributed by atoms with E-state index in [1.54, 1.807) is 0 Å². The Labute approximate surface area is 131 Å². The van der Waals surface area contributed by atoms with Gasteiger partial charge in [0, 0.05) is 13.1 Å². The zero-order valence-corrected chi connectivity index (χ0v) is 12.9. The number of nitrogens with zero attached hydrogens (tertiary/aromatic N) is 1. The van der Waals surface area contributed by atoms with Crippen molar-refractivity contribution in [3.8, 4) is 0 Å². The minimum atomic E-state index is -0.190. The van der Waals surface area contributed by atoms with E-state index in [1.165, 1.54) is 12.1 Å². The van der Waals surface area contributed by atoms with E-state index in [0.29, 0.717) is 5.92 Å². The molecule has 0 bridgehead atoms. The van der Waals surface area contributed by atoms with Gasteiger partial charge in [-0.25, -0.2) is 4.39 Å². The molecule has 5 heteroatoms. The minimum Gasteiger partial charge on any atom is -0.341 e. The van der Waals surface area contributed by atoms with Crippen molar-refractivity contribution in [3.05, 3.63) is 35.6 Å². The van der Waals surface area contributed by atoms with E-state index < -0.39 is 0 Å². The fourth-order valence-corrected chi connectivity index (χ4v) is 3.27. The smallest absolute Gasteiger partial charge is 0.239 e. The summed E-state index contributed by atoms with van der Waals surface area (Å²) in [6.45, 7) is 2.67. The highest BCUT2D eigenvalue weighted by Crippen LogP contribution is 2.22. The van der Waals surface area contributed by atoms with E-state index in [0.717, 1.165) is 50.9 Å². The first-order valence-corrected chi connectivity index (χ1v) is 7.49. The summed E-state index contributed by atoms with van der Waals surface area (Å²) in [5, 5.41) is 3.27. The second-order valence-electron chi connectivity index (χ2n) is 5.92. The van der Waals surface area contributed by atoms with Crippen molar-refractivity contribution in [1.29, 1.82) is 0 Å². The Morgan fingerprint density at radius 2 is 2.05 bits per heavy atom. The van der Waals surface area contributed by atoms with Crippen molar-refractivity contribution >= 4 is 18.3 Å². The minimum absolute atomic E-state index is 0. The maximum atomic E-state index is 12.9. The van der Waals surface area contributed by atoms with Crippen LogP contribution in [0.2, 0.25) is 0 Å². The highest BCUT2D eigenvalue weighted by atomic mass is 35.5. The molecular formula is C16H22ClFN2O. The van der Waals surface area contributed by atoms with Crippen LogP contribution < -0.4 is 5.32 Å². The van der Waals surface area contributed by atoms with E-state index in [4.69, 9.17) is 0 Å². The molecule has 1 aromatic carbocycles. The Balaban J connectivity index is 0.00000161. The fraction of sp³-hybridized carbons (Fsp3) is 0.562. The Kier molecular flexibility index (Phi) is 5.59. The molecule has 3 rings (SSSR count). The molecule has 2 unspecified atom stereocenters. The Morgan fingerprint density at radius 3 is 2.71 bits per heavy atom. The van der Waals surface area contributed by atoms with E-state index >= 15 is 0 Å². The van der Waals surface area contributed by atoms with Crippen molar-refractivity contribution in [2.75, 3.05) is 19.6 Å². The SMILES string of the molecule is Cl.O=C(C1CCCN1)N1CCC(Cc2ccc(F)cc2)C1. The summed E-state index contributed by atoms with van der Waals surface area (Å²) in [6, 6.07) is 6.75. The molecule has 0 saturated carbocycles. The third-order valence-electron chi connectivity index (χ3n) is 4.39. The molecule has 2 aliphatic rings. The van der Waals surface area contributed by atoms with Gasteiger partial charge in [-0.3, -0.25) is 4.79 Å². The molecule has 2 saturated heterocycles. The van der Waals surface area contributed by atoms with Crippen LogP contribution in [0.25, 0.3) is 0 Å². The predicted molar refractivity (Wildman–Crippen MR) is 83.1 cm³/mol. The van der Waals surface area contributed by atoms with Gasteiger partial charge in [-0.1, -0.05) is 12.1 Å². The van der Waals surface area contributed by atoms with Crippen molar-refractivity contribution in [2.45, 2.75) is 31.7 Å². The molecule has 2 heterocycles. The lowest BCUT2D eigenvalue weighted by molar-refractivity contribution is -0.132. The Morgan fingerprint density at radius 1 is 1.29 bits per heavy atom. The van der Waals surface area contributed by atoms with Crippen LogP contribution in [0.1, 0.15) is 24.8 Å². The first-order valence-electron chi connectivity index (χ1n) is 7.49. The van der Waals surface area contributed by atoms with Gasteiger partial charge < -0.3 is 10.2 Å². The normalized spacial score (nSPS) is 24.9. The molecule has 116 valence electrons. The number of nitrogens with one attached hydrogen (secondary N) is 1. The fourth-order valence-electron chi connectivity index (χ4n) is 3.27. The van der Waals surface area contributed by atoms with Crippen molar-refractivity contribution in [3.63, 3.8) is 0 Å². The van der Waals surface area contributed by atoms with Crippen LogP contribution in [0, 0.1) is 11.7 Å². The summed E-state index contributed by atoms with van der Waals surface area (Å²) < 4.78 is 12.9. The number of carbonyl (C=O) groups is 1. The summed E-state index contributed by atoms with van der Waals surface area (Å²) in [4.78, 5) is 14.3. The molecule has 2 atom stereocenters. The van der Waals surface area contributed by atoms with E-state index in [-0.39, 0.29) is 30.2 Å². The monoisotopic (exact) mass is 312 g/mol.